The highest BCUT2D eigenvalue weighted by molar-refractivity contribution is 7.80. The molecule has 0 spiro atoms. The molecule has 0 amide bonds. The van der Waals surface area contributed by atoms with Gasteiger partial charge >= 0.3 is 0 Å². The number of benzene rings is 1. The first-order chi connectivity index (χ1) is 9.45. The molecular weight excluding hydrogens is 292 g/mol. The zero-order valence-corrected chi connectivity index (χ0v) is 13.8. The lowest BCUT2D eigenvalue weighted by Crippen LogP contribution is -3.12. The van der Waals surface area contributed by atoms with Crippen molar-refractivity contribution in [1.82, 2.24) is 10.4 Å². The standard InChI is InChI=1S/C14H21ClN4S/c1-10-8-11(2)13(12(15)9-10)16-14(20)17-19-6-4-18(3)5-7-19/h8-9H,4-7H2,1-3H3,(H2,16,17,20)/p+1. The van der Waals surface area contributed by atoms with Crippen molar-refractivity contribution >= 4 is 34.6 Å². The van der Waals surface area contributed by atoms with Crippen LogP contribution in [0.25, 0.3) is 0 Å². The van der Waals surface area contributed by atoms with Crippen molar-refractivity contribution in [3.8, 4) is 0 Å². The summed E-state index contributed by atoms with van der Waals surface area (Å²) in [6.45, 7) is 8.30. The first-order valence-electron chi connectivity index (χ1n) is 6.86. The van der Waals surface area contributed by atoms with E-state index in [4.69, 9.17) is 23.8 Å². The van der Waals surface area contributed by atoms with Gasteiger partial charge in [0.1, 0.15) is 0 Å². The van der Waals surface area contributed by atoms with Crippen LogP contribution in [0.5, 0.6) is 0 Å². The molecule has 0 aliphatic carbocycles. The van der Waals surface area contributed by atoms with Crippen LogP contribution in [-0.2, 0) is 0 Å². The van der Waals surface area contributed by atoms with Crippen LogP contribution in [0.15, 0.2) is 12.1 Å². The van der Waals surface area contributed by atoms with Crippen LogP contribution in [-0.4, -0.2) is 43.3 Å². The van der Waals surface area contributed by atoms with E-state index in [1.807, 2.05) is 19.9 Å². The third-order valence-corrected chi connectivity index (χ3v) is 4.04. The van der Waals surface area contributed by atoms with Gasteiger partial charge in [0.2, 0.25) is 0 Å². The van der Waals surface area contributed by atoms with Crippen molar-refractivity contribution in [2.45, 2.75) is 13.8 Å². The van der Waals surface area contributed by atoms with E-state index in [9.17, 15) is 0 Å². The molecule has 2 rings (SSSR count). The predicted molar refractivity (Wildman–Crippen MR) is 88.5 cm³/mol. The topological polar surface area (TPSA) is 31.7 Å². The summed E-state index contributed by atoms with van der Waals surface area (Å²) in [6, 6.07) is 4.04. The first-order valence-corrected chi connectivity index (χ1v) is 7.65. The molecule has 1 aliphatic heterocycles. The Morgan fingerprint density at radius 3 is 2.55 bits per heavy atom. The van der Waals surface area contributed by atoms with E-state index in [0.717, 1.165) is 43.0 Å². The van der Waals surface area contributed by atoms with Crippen molar-refractivity contribution in [3.63, 3.8) is 0 Å². The van der Waals surface area contributed by atoms with E-state index in [2.05, 4.69) is 28.9 Å². The van der Waals surface area contributed by atoms with Gasteiger partial charge in [-0.15, -0.1) is 0 Å². The van der Waals surface area contributed by atoms with Crippen molar-refractivity contribution in [2.24, 2.45) is 0 Å². The second-order valence-electron chi connectivity index (χ2n) is 5.45. The molecule has 0 bridgehead atoms. The lowest BCUT2D eigenvalue weighted by atomic mass is 10.1. The third-order valence-electron chi connectivity index (χ3n) is 3.55. The number of rotatable bonds is 2. The molecule has 6 heteroatoms. The monoisotopic (exact) mass is 313 g/mol. The molecular formula is C14H22ClN4S+. The summed E-state index contributed by atoms with van der Waals surface area (Å²) in [5, 5.41) is 6.66. The van der Waals surface area contributed by atoms with Gasteiger partial charge in [-0.1, -0.05) is 17.7 Å². The summed E-state index contributed by atoms with van der Waals surface area (Å²) in [5.41, 5.74) is 6.37. The first kappa shape index (κ1) is 15.5. The molecule has 0 saturated carbocycles. The summed E-state index contributed by atoms with van der Waals surface area (Å²) in [7, 11) is 2.21. The number of piperazine rings is 1. The number of likely N-dealkylation sites (N-methyl/N-ethyl adjacent to an activating group) is 1. The number of nitrogens with zero attached hydrogens (tertiary/aromatic N) is 1. The molecule has 1 heterocycles. The minimum atomic E-state index is 0.596. The maximum Gasteiger partial charge on any atom is 0.185 e. The number of aryl methyl sites for hydroxylation is 2. The van der Waals surface area contributed by atoms with Crippen LogP contribution in [0.3, 0.4) is 0 Å². The van der Waals surface area contributed by atoms with Crippen molar-refractivity contribution < 1.29 is 4.90 Å². The van der Waals surface area contributed by atoms with Crippen molar-refractivity contribution in [1.29, 1.82) is 0 Å². The Labute approximate surface area is 131 Å². The van der Waals surface area contributed by atoms with E-state index in [-0.39, 0.29) is 0 Å². The molecule has 20 heavy (non-hydrogen) atoms. The van der Waals surface area contributed by atoms with Crippen LogP contribution in [0.1, 0.15) is 11.1 Å². The van der Waals surface area contributed by atoms with Crippen LogP contribution in [0.4, 0.5) is 5.69 Å². The average molecular weight is 314 g/mol. The van der Waals surface area contributed by atoms with Crippen molar-refractivity contribution in [3.05, 3.63) is 28.3 Å². The largest absolute Gasteiger partial charge is 0.335 e. The Bertz CT molecular complexity index is 475. The van der Waals surface area contributed by atoms with E-state index in [1.54, 1.807) is 4.90 Å². The number of quaternary nitrogens is 1. The highest BCUT2D eigenvalue weighted by Crippen LogP contribution is 2.27. The molecule has 0 unspecified atom stereocenters. The quantitative estimate of drug-likeness (QED) is 0.711. The normalized spacial score (nSPS) is 17.0. The Hall–Kier alpha value is -0.880. The molecule has 1 aliphatic rings. The zero-order chi connectivity index (χ0) is 14.7. The summed E-state index contributed by atoms with van der Waals surface area (Å²) >= 11 is 11.6. The fourth-order valence-electron chi connectivity index (χ4n) is 2.36. The predicted octanol–water partition coefficient (Wildman–Crippen LogP) is 0.989. The minimum Gasteiger partial charge on any atom is -0.335 e. The zero-order valence-electron chi connectivity index (χ0n) is 12.2. The third kappa shape index (κ3) is 4.06. The SMILES string of the molecule is Cc1cc(C)c(NC(=S)NN2CC[NH+](C)CC2)c(Cl)c1. The van der Waals surface area contributed by atoms with Crippen LogP contribution < -0.4 is 15.6 Å². The van der Waals surface area contributed by atoms with Gasteiger partial charge in [-0.2, -0.15) is 0 Å². The lowest BCUT2D eigenvalue weighted by molar-refractivity contribution is -0.884. The van der Waals surface area contributed by atoms with E-state index >= 15 is 0 Å². The second-order valence-corrected chi connectivity index (χ2v) is 6.26. The molecule has 1 aromatic rings. The summed E-state index contributed by atoms with van der Waals surface area (Å²) in [4.78, 5) is 1.55. The highest BCUT2D eigenvalue weighted by Gasteiger charge is 2.17. The molecule has 110 valence electrons. The summed E-state index contributed by atoms with van der Waals surface area (Å²) in [6.07, 6.45) is 0. The van der Waals surface area contributed by atoms with Crippen LogP contribution in [0, 0.1) is 13.8 Å². The highest BCUT2D eigenvalue weighted by atomic mass is 35.5. The van der Waals surface area contributed by atoms with Gasteiger partial charge in [0.05, 0.1) is 43.9 Å². The van der Waals surface area contributed by atoms with Gasteiger partial charge < -0.3 is 10.2 Å². The van der Waals surface area contributed by atoms with E-state index in [0.29, 0.717) is 10.1 Å². The fraction of sp³-hybridized carbons (Fsp3) is 0.500. The number of anilines is 1. The number of halogens is 1. The minimum absolute atomic E-state index is 0.596. The lowest BCUT2D eigenvalue weighted by Gasteiger charge is -2.31. The molecule has 0 atom stereocenters. The van der Waals surface area contributed by atoms with Gasteiger partial charge in [-0.25, -0.2) is 5.01 Å². The second kappa shape index (κ2) is 6.72. The maximum absolute atomic E-state index is 6.27. The van der Waals surface area contributed by atoms with Gasteiger partial charge in [0.15, 0.2) is 5.11 Å². The average Bonchev–Trinajstić information content (AvgIpc) is 2.36. The Morgan fingerprint density at radius 2 is 1.95 bits per heavy atom. The molecule has 0 radical (unpaired) electrons. The van der Waals surface area contributed by atoms with E-state index in [1.165, 1.54) is 0 Å². The molecule has 4 nitrogen and oxygen atoms in total. The summed E-state index contributed by atoms with van der Waals surface area (Å²) < 4.78 is 0. The van der Waals surface area contributed by atoms with Gasteiger partial charge in [-0.05, 0) is 43.3 Å². The number of thiocarbonyl (C=S) groups is 1. The summed E-state index contributed by atoms with van der Waals surface area (Å²) in [5.74, 6) is 0. The Kier molecular flexibility index (Phi) is 5.21. The van der Waals surface area contributed by atoms with Gasteiger partial charge in [0.25, 0.3) is 0 Å². The van der Waals surface area contributed by atoms with Crippen LogP contribution >= 0.6 is 23.8 Å². The molecule has 1 saturated heterocycles. The smallest absolute Gasteiger partial charge is 0.185 e. The number of hydrogen-bond donors (Lipinski definition) is 3. The maximum atomic E-state index is 6.27. The Balaban J connectivity index is 1.95. The number of nitrogens with one attached hydrogen (secondary N) is 3. The van der Waals surface area contributed by atoms with Gasteiger partial charge in [-0.3, -0.25) is 5.43 Å². The molecule has 0 aromatic heterocycles. The molecule has 3 N–H and O–H groups in total. The Morgan fingerprint density at radius 1 is 1.30 bits per heavy atom. The number of hydrazine groups is 1. The van der Waals surface area contributed by atoms with Crippen LogP contribution in [0.2, 0.25) is 5.02 Å². The number of hydrogen-bond acceptors (Lipinski definition) is 2. The fourth-order valence-corrected chi connectivity index (χ4v) is 2.96. The molecule has 1 fully saturated rings. The van der Waals surface area contributed by atoms with Gasteiger partial charge in [0, 0.05) is 0 Å². The van der Waals surface area contributed by atoms with Crippen molar-refractivity contribution in [2.75, 3.05) is 38.5 Å². The molecule has 1 aromatic carbocycles. The van der Waals surface area contributed by atoms with E-state index < -0.39 is 0 Å².